The molecule has 0 aliphatic heterocycles. The molecule has 1 aromatic rings. The van der Waals surface area contributed by atoms with Gasteiger partial charge in [-0.1, -0.05) is 6.07 Å². The molecule has 23 heavy (non-hydrogen) atoms. The van der Waals surface area contributed by atoms with E-state index in [0.29, 0.717) is 5.75 Å². The molecule has 7 nitrogen and oxygen atoms in total. The summed E-state index contributed by atoms with van der Waals surface area (Å²) in [6, 6.07) is 5.04. The molecule has 2 N–H and O–H groups in total. The first kappa shape index (κ1) is 16.8. The van der Waals surface area contributed by atoms with E-state index in [-0.39, 0.29) is 12.6 Å². The minimum atomic E-state index is -0.680. The molecule has 0 spiro atoms. The summed E-state index contributed by atoms with van der Waals surface area (Å²) in [6.07, 6.45) is 1.85. The second-order valence-electron chi connectivity index (χ2n) is 5.49. The van der Waals surface area contributed by atoms with Gasteiger partial charge in [0.2, 0.25) is 0 Å². The van der Waals surface area contributed by atoms with Gasteiger partial charge >= 0.3 is 12.0 Å². The summed E-state index contributed by atoms with van der Waals surface area (Å²) in [6.45, 7) is 3.10. The lowest BCUT2D eigenvalue weighted by molar-refractivity contribution is -0.150. The smallest absolute Gasteiger partial charge is 0.344 e. The van der Waals surface area contributed by atoms with Crippen molar-refractivity contribution in [3.63, 3.8) is 0 Å². The average molecular weight is 320 g/mol. The van der Waals surface area contributed by atoms with E-state index in [1.165, 1.54) is 0 Å². The zero-order valence-corrected chi connectivity index (χ0v) is 13.2. The zero-order chi connectivity index (χ0) is 16.8. The van der Waals surface area contributed by atoms with Crippen LogP contribution in [0.3, 0.4) is 0 Å². The largest absolute Gasteiger partial charge is 0.482 e. The molecule has 0 unspecified atom stereocenters. The van der Waals surface area contributed by atoms with Crippen molar-refractivity contribution in [3.05, 3.63) is 29.3 Å². The summed E-state index contributed by atoms with van der Waals surface area (Å²) in [4.78, 5) is 34.3. The van der Waals surface area contributed by atoms with Crippen molar-refractivity contribution in [2.45, 2.75) is 32.7 Å². The molecule has 7 heteroatoms. The molecule has 1 saturated carbocycles. The normalized spacial score (nSPS) is 13.1. The molecule has 1 aromatic carbocycles. The monoisotopic (exact) mass is 320 g/mol. The van der Waals surface area contributed by atoms with Gasteiger partial charge in [0.15, 0.2) is 13.2 Å². The SMILES string of the molecule is Cc1ccc(OCC(=O)OCC(=O)NC(=O)NC2CC2)cc1C. The van der Waals surface area contributed by atoms with E-state index >= 15 is 0 Å². The first-order chi connectivity index (χ1) is 10.9. The second-order valence-corrected chi connectivity index (χ2v) is 5.49. The Kier molecular flexibility index (Phi) is 5.56. The van der Waals surface area contributed by atoms with Gasteiger partial charge in [-0.25, -0.2) is 9.59 Å². The maximum Gasteiger partial charge on any atom is 0.344 e. The minimum Gasteiger partial charge on any atom is -0.482 e. The summed E-state index contributed by atoms with van der Waals surface area (Å²) in [5.41, 5.74) is 2.18. The Morgan fingerprint density at radius 1 is 1.13 bits per heavy atom. The molecular formula is C16H20N2O5. The van der Waals surface area contributed by atoms with Crippen molar-refractivity contribution in [3.8, 4) is 5.75 Å². The molecule has 1 aliphatic rings. The van der Waals surface area contributed by atoms with Crippen LogP contribution in [0.2, 0.25) is 0 Å². The van der Waals surface area contributed by atoms with E-state index in [0.717, 1.165) is 24.0 Å². The van der Waals surface area contributed by atoms with Gasteiger partial charge in [-0.2, -0.15) is 0 Å². The summed E-state index contributed by atoms with van der Waals surface area (Å²) in [5.74, 6) is -0.804. The molecule has 0 heterocycles. The first-order valence-corrected chi connectivity index (χ1v) is 7.40. The molecule has 1 aliphatic carbocycles. The van der Waals surface area contributed by atoms with E-state index in [1.54, 1.807) is 6.07 Å². The lowest BCUT2D eigenvalue weighted by Gasteiger charge is -2.09. The van der Waals surface area contributed by atoms with Gasteiger partial charge in [-0.05, 0) is 49.9 Å². The number of imide groups is 1. The molecule has 0 saturated heterocycles. The van der Waals surface area contributed by atoms with Gasteiger partial charge in [0, 0.05) is 6.04 Å². The number of carbonyl (C=O) groups excluding carboxylic acids is 3. The highest BCUT2D eigenvalue weighted by atomic mass is 16.6. The predicted molar refractivity (Wildman–Crippen MR) is 82.1 cm³/mol. The number of aryl methyl sites for hydroxylation is 2. The van der Waals surface area contributed by atoms with Crippen molar-refractivity contribution in [1.82, 2.24) is 10.6 Å². The van der Waals surface area contributed by atoms with Crippen LogP contribution in [-0.2, 0) is 14.3 Å². The molecule has 0 radical (unpaired) electrons. The first-order valence-electron chi connectivity index (χ1n) is 7.40. The average Bonchev–Trinajstić information content (AvgIpc) is 3.30. The second kappa shape index (κ2) is 7.62. The Balaban J connectivity index is 1.64. The van der Waals surface area contributed by atoms with Crippen LogP contribution in [0.25, 0.3) is 0 Å². The number of esters is 1. The zero-order valence-electron chi connectivity index (χ0n) is 13.2. The summed E-state index contributed by atoms with van der Waals surface area (Å²) in [5, 5.41) is 4.68. The molecule has 0 bridgehead atoms. The Bertz CT molecular complexity index is 610. The lowest BCUT2D eigenvalue weighted by atomic mass is 10.1. The van der Waals surface area contributed by atoms with Crippen LogP contribution in [0.1, 0.15) is 24.0 Å². The Morgan fingerprint density at radius 2 is 1.87 bits per heavy atom. The topological polar surface area (TPSA) is 93.7 Å². The third kappa shape index (κ3) is 5.98. The van der Waals surface area contributed by atoms with Crippen LogP contribution in [0.4, 0.5) is 4.79 Å². The lowest BCUT2D eigenvalue weighted by Crippen LogP contribution is -2.42. The van der Waals surface area contributed by atoms with Crippen LogP contribution < -0.4 is 15.4 Å². The number of ether oxygens (including phenoxy) is 2. The van der Waals surface area contributed by atoms with Gasteiger partial charge in [-0.15, -0.1) is 0 Å². The molecule has 3 amide bonds. The number of nitrogens with one attached hydrogen (secondary N) is 2. The highest BCUT2D eigenvalue weighted by molar-refractivity contribution is 5.95. The highest BCUT2D eigenvalue weighted by Gasteiger charge is 2.24. The van der Waals surface area contributed by atoms with Crippen molar-refractivity contribution in [1.29, 1.82) is 0 Å². The molecule has 0 atom stereocenters. The fourth-order valence-electron chi connectivity index (χ4n) is 1.75. The quantitative estimate of drug-likeness (QED) is 0.769. The molecule has 124 valence electrons. The molecule has 2 rings (SSSR count). The standard InChI is InChI=1S/C16H20N2O5/c1-10-3-6-13(7-11(10)2)22-9-15(20)23-8-14(19)18-16(21)17-12-4-5-12/h3,6-7,12H,4-5,8-9H2,1-2H3,(H2,17,18,19,21). The van der Waals surface area contributed by atoms with Crippen LogP contribution in [0.5, 0.6) is 5.75 Å². The Hall–Kier alpha value is -2.57. The number of hydrogen-bond donors (Lipinski definition) is 2. The van der Waals surface area contributed by atoms with Crippen molar-refractivity contribution in [2.24, 2.45) is 0 Å². The van der Waals surface area contributed by atoms with Gasteiger partial charge in [0.1, 0.15) is 5.75 Å². The summed E-state index contributed by atoms with van der Waals surface area (Å²) < 4.78 is 10.0. The van der Waals surface area contributed by atoms with Gasteiger partial charge < -0.3 is 14.8 Å². The molecular weight excluding hydrogens is 300 g/mol. The van der Waals surface area contributed by atoms with Gasteiger partial charge in [0.25, 0.3) is 5.91 Å². The van der Waals surface area contributed by atoms with Crippen molar-refractivity contribution < 1.29 is 23.9 Å². The van der Waals surface area contributed by atoms with Crippen molar-refractivity contribution >= 4 is 17.9 Å². The van der Waals surface area contributed by atoms with Crippen LogP contribution in [0, 0.1) is 13.8 Å². The van der Waals surface area contributed by atoms with E-state index in [4.69, 9.17) is 9.47 Å². The third-order valence-corrected chi connectivity index (χ3v) is 3.36. The Labute approximate surface area is 134 Å². The van der Waals surface area contributed by atoms with Crippen molar-refractivity contribution in [2.75, 3.05) is 13.2 Å². The maximum atomic E-state index is 11.5. The fourth-order valence-corrected chi connectivity index (χ4v) is 1.75. The maximum absolute atomic E-state index is 11.5. The van der Waals surface area contributed by atoms with Crippen LogP contribution >= 0.6 is 0 Å². The number of urea groups is 1. The van der Waals surface area contributed by atoms with Crippen LogP contribution in [-0.4, -0.2) is 37.2 Å². The number of amides is 3. The summed E-state index contributed by atoms with van der Waals surface area (Å²) in [7, 11) is 0. The highest BCUT2D eigenvalue weighted by Crippen LogP contribution is 2.18. The minimum absolute atomic E-state index is 0.150. The van der Waals surface area contributed by atoms with E-state index in [2.05, 4.69) is 10.6 Å². The number of rotatable bonds is 6. The number of benzene rings is 1. The Morgan fingerprint density at radius 3 is 2.52 bits per heavy atom. The molecule has 1 fully saturated rings. The fraction of sp³-hybridized carbons (Fsp3) is 0.438. The third-order valence-electron chi connectivity index (χ3n) is 3.36. The van der Waals surface area contributed by atoms with E-state index < -0.39 is 24.5 Å². The number of carbonyl (C=O) groups is 3. The van der Waals surface area contributed by atoms with Gasteiger partial charge in [0.05, 0.1) is 0 Å². The van der Waals surface area contributed by atoms with E-state index in [1.807, 2.05) is 26.0 Å². The van der Waals surface area contributed by atoms with Crippen LogP contribution in [0.15, 0.2) is 18.2 Å². The predicted octanol–water partition coefficient (Wildman–Crippen LogP) is 1.21. The van der Waals surface area contributed by atoms with E-state index in [9.17, 15) is 14.4 Å². The number of hydrogen-bond acceptors (Lipinski definition) is 5. The van der Waals surface area contributed by atoms with Gasteiger partial charge in [-0.3, -0.25) is 10.1 Å². The molecule has 0 aromatic heterocycles. The summed E-state index contributed by atoms with van der Waals surface area (Å²) >= 11 is 0.